The SMILES string of the molecule is CN(CCOc1cccc(Br)c1)C1CCCNC1. The van der Waals surface area contributed by atoms with Gasteiger partial charge in [-0.15, -0.1) is 0 Å². The summed E-state index contributed by atoms with van der Waals surface area (Å²) in [5, 5.41) is 3.44. The van der Waals surface area contributed by atoms with Crippen LogP contribution in [0.4, 0.5) is 0 Å². The van der Waals surface area contributed by atoms with Gasteiger partial charge in [0.2, 0.25) is 0 Å². The molecule has 3 nitrogen and oxygen atoms in total. The summed E-state index contributed by atoms with van der Waals surface area (Å²) < 4.78 is 6.82. The lowest BCUT2D eigenvalue weighted by molar-refractivity contribution is 0.168. The zero-order valence-electron chi connectivity index (χ0n) is 10.9. The summed E-state index contributed by atoms with van der Waals surface area (Å²) in [6.45, 7) is 3.98. The molecule has 1 saturated heterocycles. The van der Waals surface area contributed by atoms with E-state index in [9.17, 15) is 0 Å². The number of piperidine rings is 1. The maximum Gasteiger partial charge on any atom is 0.120 e. The molecule has 1 aromatic carbocycles. The lowest BCUT2D eigenvalue weighted by Crippen LogP contribution is -2.45. The van der Waals surface area contributed by atoms with E-state index >= 15 is 0 Å². The third kappa shape index (κ3) is 4.26. The smallest absolute Gasteiger partial charge is 0.120 e. The molecule has 0 bridgehead atoms. The second-order valence-electron chi connectivity index (χ2n) is 4.79. The number of nitrogens with one attached hydrogen (secondary N) is 1. The highest BCUT2D eigenvalue weighted by Crippen LogP contribution is 2.17. The van der Waals surface area contributed by atoms with Crippen LogP contribution in [0, 0.1) is 0 Å². The molecule has 100 valence electrons. The Kier molecular flexibility index (Phi) is 5.47. The molecule has 0 aliphatic carbocycles. The molecule has 0 aromatic heterocycles. The lowest BCUT2D eigenvalue weighted by Gasteiger charge is -2.31. The van der Waals surface area contributed by atoms with Crippen LogP contribution in [0.5, 0.6) is 5.75 Å². The van der Waals surface area contributed by atoms with E-state index in [2.05, 4.69) is 33.2 Å². The van der Waals surface area contributed by atoms with E-state index in [1.54, 1.807) is 0 Å². The number of rotatable bonds is 5. The van der Waals surface area contributed by atoms with E-state index in [4.69, 9.17) is 4.74 Å². The minimum absolute atomic E-state index is 0.657. The van der Waals surface area contributed by atoms with Crippen molar-refractivity contribution in [1.29, 1.82) is 0 Å². The Hall–Kier alpha value is -0.580. The third-order valence-electron chi connectivity index (χ3n) is 3.40. The topological polar surface area (TPSA) is 24.5 Å². The Morgan fingerprint density at radius 1 is 1.50 bits per heavy atom. The second-order valence-corrected chi connectivity index (χ2v) is 5.70. The summed E-state index contributed by atoms with van der Waals surface area (Å²) >= 11 is 3.45. The molecule has 1 heterocycles. The zero-order chi connectivity index (χ0) is 12.8. The first-order valence-electron chi connectivity index (χ1n) is 6.55. The van der Waals surface area contributed by atoms with Crippen LogP contribution >= 0.6 is 15.9 Å². The molecule has 1 fully saturated rings. The summed E-state index contributed by atoms with van der Waals surface area (Å²) in [6, 6.07) is 8.65. The van der Waals surface area contributed by atoms with Crippen molar-refractivity contribution in [2.45, 2.75) is 18.9 Å². The minimum atomic E-state index is 0.657. The minimum Gasteiger partial charge on any atom is -0.492 e. The summed E-state index contributed by atoms with van der Waals surface area (Å²) in [4.78, 5) is 2.39. The Morgan fingerprint density at radius 2 is 2.39 bits per heavy atom. The van der Waals surface area contributed by atoms with Crippen LogP contribution in [-0.2, 0) is 0 Å². The largest absolute Gasteiger partial charge is 0.492 e. The van der Waals surface area contributed by atoms with Crippen molar-refractivity contribution in [3.63, 3.8) is 0 Å². The second kappa shape index (κ2) is 7.12. The Balaban J connectivity index is 1.71. The molecule has 1 aliphatic heterocycles. The molecule has 18 heavy (non-hydrogen) atoms. The van der Waals surface area contributed by atoms with E-state index in [0.717, 1.165) is 29.9 Å². The first-order chi connectivity index (χ1) is 8.75. The summed E-state index contributed by atoms with van der Waals surface area (Å²) in [7, 11) is 2.18. The van der Waals surface area contributed by atoms with E-state index in [1.165, 1.54) is 19.4 Å². The molecule has 0 radical (unpaired) electrons. The normalized spacial score (nSPS) is 20.1. The van der Waals surface area contributed by atoms with Gasteiger partial charge in [0.05, 0.1) is 0 Å². The lowest BCUT2D eigenvalue weighted by atomic mass is 10.1. The van der Waals surface area contributed by atoms with Crippen molar-refractivity contribution in [1.82, 2.24) is 10.2 Å². The molecule has 1 atom stereocenters. The van der Waals surface area contributed by atoms with Gasteiger partial charge in [0.25, 0.3) is 0 Å². The molecule has 1 aliphatic rings. The van der Waals surface area contributed by atoms with Crippen molar-refractivity contribution >= 4 is 15.9 Å². The van der Waals surface area contributed by atoms with Crippen LogP contribution in [0.1, 0.15) is 12.8 Å². The van der Waals surface area contributed by atoms with Crippen molar-refractivity contribution < 1.29 is 4.74 Å². The van der Waals surface area contributed by atoms with Crippen molar-refractivity contribution in [2.24, 2.45) is 0 Å². The molecule has 4 heteroatoms. The number of ether oxygens (including phenoxy) is 1. The average Bonchev–Trinajstić information content (AvgIpc) is 2.40. The maximum atomic E-state index is 5.76. The Bertz CT molecular complexity index is 367. The molecule has 0 saturated carbocycles. The number of benzene rings is 1. The van der Waals surface area contributed by atoms with Gasteiger partial charge < -0.3 is 10.1 Å². The van der Waals surface area contributed by atoms with Crippen LogP contribution < -0.4 is 10.1 Å². The van der Waals surface area contributed by atoms with Crippen LogP contribution in [0.2, 0.25) is 0 Å². The predicted octanol–water partition coefficient (Wildman–Crippen LogP) is 2.51. The first-order valence-corrected chi connectivity index (χ1v) is 7.34. The zero-order valence-corrected chi connectivity index (χ0v) is 12.4. The van der Waals surface area contributed by atoms with Crippen molar-refractivity contribution in [2.75, 3.05) is 33.3 Å². The van der Waals surface area contributed by atoms with Gasteiger partial charge in [0, 0.05) is 23.6 Å². The Morgan fingerprint density at radius 3 is 3.11 bits per heavy atom. The van der Waals surface area contributed by atoms with Gasteiger partial charge in [-0.1, -0.05) is 22.0 Å². The van der Waals surface area contributed by atoms with Crippen LogP contribution in [0.25, 0.3) is 0 Å². The Labute approximate surface area is 118 Å². The molecule has 1 aromatic rings. The number of hydrogen-bond acceptors (Lipinski definition) is 3. The third-order valence-corrected chi connectivity index (χ3v) is 3.90. The summed E-state index contributed by atoms with van der Waals surface area (Å²) in [5.74, 6) is 0.930. The van der Waals surface area contributed by atoms with Crippen LogP contribution in [0.3, 0.4) is 0 Å². The fourth-order valence-electron chi connectivity index (χ4n) is 2.26. The molecule has 1 unspecified atom stereocenters. The number of nitrogens with zero attached hydrogens (tertiary/aromatic N) is 1. The van der Waals surface area contributed by atoms with Gasteiger partial charge >= 0.3 is 0 Å². The fraction of sp³-hybridized carbons (Fsp3) is 0.571. The average molecular weight is 313 g/mol. The number of hydrogen-bond donors (Lipinski definition) is 1. The van der Waals surface area contributed by atoms with E-state index < -0.39 is 0 Å². The summed E-state index contributed by atoms with van der Waals surface area (Å²) in [6.07, 6.45) is 2.57. The van der Waals surface area contributed by atoms with Crippen LogP contribution in [0.15, 0.2) is 28.7 Å². The van der Waals surface area contributed by atoms with Crippen molar-refractivity contribution in [3.05, 3.63) is 28.7 Å². The van der Waals surface area contributed by atoms with Gasteiger partial charge in [0.1, 0.15) is 12.4 Å². The molecular formula is C14H21BrN2O. The molecular weight excluding hydrogens is 292 g/mol. The van der Waals surface area contributed by atoms with Gasteiger partial charge in [-0.3, -0.25) is 4.90 Å². The van der Waals surface area contributed by atoms with Gasteiger partial charge in [-0.05, 0) is 44.6 Å². The molecule has 0 amide bonds. The van der Waals surface area contributed by atoms with E-state index in [0.29, 0.717) is 6.04 Å². The predicted molar refractivity (Wildman–Crippen MR) is 78.2 cm³/mol. The highest BCUT2D eigenvalue weighted by Gasteiger charge is 2.17. The van der Waals surface area contributed by atoms with E-state index in [-0.39, 0.29) is 0 Å². The fourth-order valence-corrected chi connectivity index (χ4v) is 2.63. The number of halogens is 1. The first kappa shape index (κ1) is 13.8. The highest BCUT2D eigenvalue weighted by atomic mass is 79.9. The van der Waals surface area contributed by atoms with Gasteiger partial charge in [-0.25, -0.2) is 0 Å². The monoisotopic (exact) mass is 312 g/mol. The van der Waals surface area contributed by atoms with Gasteiger partial charge in [0.15, 0.2) is 0 Å². The van der Waals surface area contributed by atoms with Crippen LogP contribution in [-0.4, -0.2) is 44.2 Å². The summed E-state index contributed by atoms with van der Waals surface area (Å²) in [5.41, 5.74) is 0. The molecule has 2 rings (SSSR count). The van der Waals surface area contributed by atoms with E-state index in [1.807, 2.05) is 24.3 Å². The quantitative estimate of drug-likeness (QED) is 0.904. The molecule has 1 N–H and O–H groups in total. The maximum absolute atomic E-state index is 5.76. The van der Waals surface area contributed by atoms with Crippen molar-refractivity contribution in [3.8, 4) is 5.75 Å². The highest BCUT2D eigenvalue weighted by molar-refractivity contribution is 9.10. The van der Waals surface area contributed by atoms with Gasteiger partial charge in [-0.2, -0.15) is 0 Å². The standard InChI is InChI=1S/C14H21BrN2O/c1-17(13-5-3-7-16-11-13)8-9-18-14-6-2-4-12(15)10-14/h2,4,6,10,13,16H,3,5,7-9,11H2,1H3. The number of likely N-dealkylation sites (N-methyl/N-ethyl adjacent to an activating group) is 1. The molecule has 0 spiro atoms.